The zero-order valence-electron chi connectivity index (χ0n) is 13.4. The predicted octanol–water partition coefficient (Wildman–Crippen LogP) is 3.50. The van der Waals surface area contributed by atoms with Crippen LogP contribution in [-0.4, -0.2) is 26.9 Å². The molecular formula is C17H19N3O2S. The SMILES string of the molecule is CCC(Sc1cc(C)ncn1)C(=O)Nc1cccc(C(C)=O)c1. The van der Waals surface area contributed by atoms with Gasteiger partial charge in [0.15, 0.2) is 5.78 Å². The summed E-state index contributed by atoms with van der Waals surface area (Å²) >= 11 is 1.41. The number of rotatable bonds is 6. The van der Waals surface area contributed by atoms with Gasteiger partial charge in [-0.2, -0.15) is 0 Å². The number of benzene rings is 1. The van der Waals surface area contributed by atoms with E-state index in [0.29, 0.717) is 17.7 Å². The highest BCUT2D eigenvalue weighted by atomic mass is 32.2. The highest BCUT2D eigenvalue weighted by Gasteiger charge is 2.19. The van der Waals surface area contributed by atoms with Crippen LogP contribution >= 0.6 is 11.8 Å². The smallest absolute Gasteiger partial charge is 0.237 e. The average Bonchev–Trinajstić information content (AvgIpc) is 2.52. The maximum atomic E-state index is 12.5. The van der Waals surface area contributed by atoms with Crippen LogP contribution in [0.1, 0.15) is 36.3 Å². The fraction of sp³-hybridized carbons (Fsp3) is 0.294. The Morgan fingerprint density at radius 2 is 2.04 bits per heavy atom. The first-order chi connectivity index (χ1) is 11.0. The summed E-state index contributed by atoms with van der Waals surface area (Å²) in [6, 6.07) is 8.81. The second kappa shape index (κ2) is 7.87. The van der Waals surface area contributed by atoms with Crippen LogP contribution in [0.15, 0.2) is 41.7 Å². The van der Waals surface area contributed by atoms with E-state index in [4.69, 9.17) is 0 Å². The van der Waals surface area contributed by atoms with Crippen LogP contribution < -0.4 is 5.32 Å². The number of amides is 1. The van der Waals surface area contributed by atoms with Crippen LogP contribution in [0.4, 0.5) is 5.69 Å². The van der Waals surface area contributed by atoms with E-state index in [1.807, 2.05) is 19.9 Å². The van der Waals surface area contributed by atoms with E-state index >= 15 is 0 Å². The molecular weight excluding hydrogens is 310 g/mol. The Morgan fingerprint density at radius 3 is 2.70 bits per heavy atom. The second-order valence-corrected chi connectivity index (χ2v) is 6.36. The minimum absolute atomic E-state index is 0.0287. The van der Waals surface area contributed by atoms with Crippen molar-refractivity contribution < 1.29 is 9.59 Å². The van der Waals surface area contributed by atoms with E-state index in [0.717, 1.165) is 10.7 Å². The van der Waals surface area contributed by atoms with E-state index < -0.39 is 0 Å². The summed E-state index contributed by atoms with van der Waals surface area (Å²) in [5.74, 6) is -0.131. The Hall–Kier alpha value is -2.21. The third kappa shape index (κ3) is 4.89. The summed E-state index contributed by atoms with van der Waals surface area (Å²) in [5.41, 5.74) is 2.07. The number of hydrogen-bond donors (Lipinski definition) is 1. The lowest BCUT2D eigenvalue weighted by molar-refractivity contribution is -0.115. The number of nitrogens with zero attached hydrogens (tertiary/aromatic N) is 2. The Kier molecular flexibility index (Phi) is 5.87. The van der Waals surface area contributed by atoms with Gasteiger partial charge in [-0.1, -0.05) is 30.8 Å². The van der Waals surface area contributed by atoms with Gasteiger partial charge >= 0.3 is 0 Å². The molecule has 23 heavy (non-hydrogen) atoms. The monoisotopic (exact) mass is 329 g/mol. The molecule has 0 radical (unpaired) electrons. The first-order valence-corrected chi connectivity index (χ1v) is 8.24. The first-order valence-electron chi connectivity index (χ1n) is 7.36. The van der Waals surface area contributed by atoms with Crippen molar-refractivity contribution >= 4 is 29.1 Å². The van der Waals surface area contributed by atoms with Crippen molar-refractivity contribution in [3.63, 3.8) is 0 Å². The van der Waals surface area contributed by atoms with Crippen LogP contribution in [0.3, 0.4) is 0 Å². The lowest BCUT2D eigenvalue weighted by Gasteiger charge is -2.14. The van der Waals surface area contributed by atoms with Crippen molar-refractivity contribution in [3.8, 4) is 0 Å². The number of anilines is 1. The van der Waals surface area contributed by atoms with Crippen LogP contribution in [0.5, 0.6) is 0 Å². The Morgan fingerprint density at radius 1 is 1.26 bits per heavy atom. The largest absolute Gasteiger partial charge is 0.325 e. The minimum Gasteiger partial charge on any atom is -0.325 e. The highest BCUT2D eigenvalue weighted by molar-refractivity contribution is 8.00. The van der Waals surface area contributed by atoms with Gasteiger partial charge in [-0.05, 0) is 38.5 Å². The number of carbonyl (C=O) groups is 2. The van der Waals surface area contributed by atoms with Crippen molar-refractivity contribution in [1.82, 2.24) is 9.97 Å². The molecule has 0 saturated carbocycles. The summed E-state index contributed by atoms with van der Waals surface area (Å²) in [6.07, 6.45) is 2.17. The molecule has 0 aliphatic carbocycles. The molecule has 1 amide bonds. The molecule has 120 valence electrons. The fourth-order valence-electron chi connectivity index (χ4n) is 2.00. The van der Waals surface area contributed by atoms with Crippen LogP contribution in [0.2, 0.25) is 0 Å². The van der Waals surface area contributed by atoms with E-state index in [9.17, 15) is 9.59 Å². The molecule has 1 heterocycles. The Balaban J connectivity index is 2.08. The quantitative estimate of drug-likeness (QED) is 0.499. The Bertz CT molecular complexity index is 718. The molecule has 0 aliphatic rings. The normalized spacial score (nSPS) is 11.8. The van der Waals surface area contributed by atoms with Crippen molar-refractivity contribution in [2.45, 2.75) is 37.5 Å². The molecule has 0 fully saturated rings. The second-order valence-electron chi connectivity index (χ2n) is 5.14. The molecule has 1 atom stereocenters. The maximum Gasteiger partial charge on any atom is 0.237 e. The van der Waals surface area contributed by atoms with Crippen molar-refractivity contribution in [2.75, 3.05) is 5.32 Å². The number of Topliss-reactive ketones (excluding diaryl/α,β-unsaturated/α-hetero) is 1. The number of aryl methyl sites for hydroxylation is 1. The van der Waals surface area contributed by atoms with Crippen LogP contribution in [0.25, 0.3) is 0 Å². The number of hydrogen-bond acceptors (Lipinski definition) is 5. The zero-order valence-corrected chi connectivity index (χ0v) is 14.2. The molecule has 2 aromatic rings. The lowest BCUT2D eigenvalue weighted by atomic mass is 10.1. The lowest BCUT2D eigenvalue weighted by Crippen LogP contribution is -2.24. The van der Waals surface area contributed by atoms with Gasteiger partial charge in [0.05, 0.1) is 5.25 Å². The van der Waals surface area contributed by atoms with Gasteiger partial charge < -0.3 is 5.32 Å². The van der Waals surface area contributed by atoms with Crippen molar-refractivity contribution in [2.24, 2.45) is 0 Å². The molecule has 1 unspecified atom stereocenters. The molecule has 0 aliphatic heterocycles. The third-order valence-electron chi connectivity index (χ3n) is 3.24. The highest BCUT2D eigenvalue weighted by Crippen LogP contribution is 2.25. The summed E-state index contributed by atoms with van der Waals surface area (Å²) in [6.45, 7) is 5.35. The van der Waals surface area contributed by atoms with Gasteiger partial charge in [-0.25, -0.2) is 9.97 Å². The van der Waals surface area contributed by atoms with Crippen molar-refractivity contribution in [3.05, 3.63) is 47.9 Å². The average molecular weight is 329 g/mol. The minimum atomic E-state index is -0.259. The molecule has 6 heteroatoms. The number of nitrogens with one attached hydrogen (secondary N) is 1. The molecule has 0 spiro atoms. The van der Waals surface area contributed by atoms with Gasteiger partial charge in [0.2, 0.25) is 5.91 Å². The third-order valence-corrected chi connectivity index (χ3v) is 4.54. The molecule has 1 N–H and O–H groups in total. The summed E-state index contributed by atoms with van der Waals surface area (Å²) in [5, 5.41) is 3.38. The van der Waals surface area contributed by atoms with E-state index in [1.165, 1.54) is 25.0 Å². The van der Waals surface area contributed by atoms with Gasteiger partial charge in [0.1, 0.15) is 11.4 Å². The standard InChI is InChI=1S/C17H19N3O2S/c1-4-15(23-16-8-11(2)18-10-19-16)17(22)20-14-7-5-6-13(9-14)12(3)21/h5-10,15H,4H2,1-3H3,(H,20,22). The summed E-state index contributed by atoms with van der Waals surface area (Å²) < 4.78 is 0. The van der Waals surface area contributed by atoms with E-state index in [1.54, 1.807) is 24.3 Å². The van der Waals surface area contributed by atoms with Crippen LogP contribution in [0, 0.1) is 6.92 Å². The Labute approximate surface area is 139 Å². The van der Waals surface area contributed by atoms with Crippen LogP contribution in [-0.2, 0) is 4.79 Å². The number of carbonyl (C=O) groups excluding carboxylic acids is 2. The number of thioether (sulfide) groups is 1. The van der Waals surface area contributed by atoms with E-state index in [-0.39, 0.29) is 16.9 Å². The zero-order chi connectivity index (χ0) is 16.8. The predicted molar refractivity (Wildman–Crippen MR) is 91.8 cm³/mol. The number of aromatic nitrogens is 2. The first kappa shape index (κ1) is 17.1. The van der Waals surface area contributed by atoms with Gasteiger partial charge in [-0.15, -0.1) is 0 Å². The number of ketones is 1. The molecule has 0 saturated heterocycles. The molecule has 5 nitrogen and oxygen atoms in total. The van der Waals surface area contributed by atoms with Crippen molar-refractivity contribution in [1.29, 1.82) is 0 Å². The van der Waals surface area contributed by atoms with Gasteiger partial charge in [-0.3, -0.25) is 9.59 Å². The summed E-state index contributed by atoms with van der Waals surface area (Å²) in [7, 11) is 0. The maximum absolute atomic E-state index is 12.5. The van der Waals surface area contributed by atoms with E-state index in [2.05, 4.69) is 15.3 Å². The topological polar surface area (TPSA) is 72.0 Å². The molecule has 1 aromatic carbocycles. The summed E-state index contributed by atoms with van der Waals surface area (Å²) in [4.78, 5) is 32.1. The van der Waals surface area contributed by atoms with Gasteiger partial charge in [0.25, 0.3) is 0 Å². The fourth-order valence-corrected chi connectivity index (χ4v) is 2.97. The molecule has 0 bridgehead atoms. The molecule has 2 rings (SSSR count). The molecule has 1 aromatic heterocycles. The van der Waals surface area contributed by atoms with Gasteiger partial charge in [0, 0.05) is 16.9 Å².